The van der Waals surface area contributed by atoms with E-state index in [0.717, 1.165) is 16.0 Å². The highest BCUT2D eigenvalue weighted by Crippen LogP contribution is 2.41. The lowest BCUT2D eigenvalue weighted by molar-refractivity contribution is 0.0607. The van der Waals surface area contributed by atoms with E-state index in [2.05, 4.69) is 0 Å². The quantitative estimate of drug-likeness (QED) is 0.879. The first kappa shape index (κ1) is 15.2. The zero-order chi connectivity index (χ0) is 15.6. The van der Waals surface area contributed by atoms with Crippen LogP contribution in [0, 0.1) is 6.92 Å². The van der Waals surface area contributed by atoms with Crippen LogP contribution in [0.1, 0.15) is 15.2 Å². The maximum atomic E-state index is 11.7. The summed E-state index contributed by atoms with van der Waals surface area (Å²) < 4.78 is 15.3. The molecule has 0 amide bonds. The van der Waals surface area contributed by atoms with E-state index >= 15 is 0 Å². The van der Waals surface area contributed by atoms with Gasteiger partial charge in [-0.2, -0.15) is 0 Å². The number of ether oxygens (including phenoxy) is 3. The van der Waals surface area contributed by atoms with E-state index in [1.807, 2.05) is 25.1 Å². The van der Waals surface area contributed by atoms with Crippen LogP contribution in [-0.2, 0) is 4.74 Å². The number of nitrogen functional groups attached to an aromatic ring is 1. The van der Waals surface area contributed by atoms with Gasteiger partial charge in [-0.15, -0.1) is 11.3 Å². The van der Waals surface area contributed by atoms with Gasteiger partial charge in [-0.25, -0.2) is 4.79 Å². The zero-order valence-electron chi connectivity index (χ0n) is 12.4. The maximum Gasteiger partial charge on any atom is 0.350 e. The van der Waals surface area contributed by atoms with Crippen LogP contribution >= 0.6 is 11.3 Å². The molecule has 1 aromatic carbocycles. The number of nitrogens with two attached hydrogens (primary N) is 1. The van der Waals surface area contributed by atoms with Crippen LogP contribution in [0.2, 0.25) is 0 Å². The third-order valence-corrected chi connectivity index (χ3v) is 4.55. The first-order valence-electron chi connectivity index (χ1n) is 6.23. The first-order chi connectivity index (χ1) is 10.0. The lowest BCUT2D eigenvalue weighted by Crippen LogP contribution is -2.01. The molecule has 0 bridgehead atoms. The average molecular weight is 307 g/mol. The molecule has 0 aliphatic rings. The number of carbonyl (C=O) groups excluding carboxylic acids is 1. The second-order valence-corrected chi connectivity index (χ2v) is 5.38. The summed E-state index contributed by atoms with van der Waals surface area (Å²) in [5, 5.41) is 0. The predicted octanol–water partition coefficient (Wildman–Crippen LogP) is 3.11. The van der Waals surface area contributed by atoms with Gasteiger partial charge in [-0.05, 0) is 36.2 Å². The first-order valence-corrected chi connectivity index (χ1v) is 7.04. The van der Waals surface area contributed by atoms with Crippen molar-refractivity contribution in [1.29, 1.82) is 0 Å². The van der Waals surface area contributed by atoms with Crippen molar-refractivity contribution in [2.24, 2.45) is 0 Å². The molecular weight excluding hydrogens is 290 g/mol. The molecule has 5 nitrogen and oxygen atoms in total. The monoisotopic (exact) mass is 307 g/mol. The van der Waals surface area contributed by atoms with E-state index < -0.39 is 5.97 Å². The molecule has 0 spiro atoms. The van der Waals surface area contributed by atoms with Crippen molar-refractivity contribution < 1.29 is 19.0 Å². The SMILES string of the molecule is COC(=O)c1sc(-c2ccc(OC)c(OC)c2)c(C)c1N. The zero-order valence-corrected chi connectivity index (χ0v) is 13.2. The van der Waals surface area contributed by atoms with Gasteiger partial charge < -0.3 is 19.9 Å². The van der Waals surface area contributed by atoms with Crippen molar-refractivity contribution in [2.75, 3.05) is 27.1 Å². The van der Waals surface area contributed by atoms with Crippen molar-refractivity contribution in [1.82, 2.24) is 0 Å². The van der Waals surface area contributed by atoms with E-state index in [4.69, 9.17) is 19.9 Å². The minimum Gasteiger partial charge on any atom is -0.493 e. The highest BCUT2D eigenvalue weighted by molar-refractivity contribution is 7.18. The molecule has 0 aliphatic carbocycles. The molecule has 2 aromatic rings. The molecular formula is C15H17NO4S. The number of rotatable bonds is 4. The third kappa shape index (κ3) is 2.67. The molecule has 0 aliphatic heterocycles. The Balaban J connectivity index is 2.54. The Kier molecular flexibility index (Phi) is 4.37. The Bertz CT molecular complexity index is 679. The van der Waals surface area contributed by atoms with Crippen molar-refractivity contribution in [3.05, 3.63) is 28.6 Å². The second-order valence-electron chi connectivity index (χ2n) is 4.36. The van der Waals surface area contributed by atoms with Crippen LogP contribution in [0.3, 0.4) is 0 Å². The summed E-state index contributed by atoms with van der Waals surface area (Å²) in [7, 11) is 4.51. The van der Waals surface area contributed by atoms with Gasteiger partial charge in [0.15, 0.2) is 11.5 Å². The maximum absolute atomic E-state index is 11.7. The van der Waals surface area contributed by atoms with E-state index in [0.29, 0.717) is 22.1 Å². The molecule has 112 valence electrons. The molecule has 1 aromatic heterocycles. The van der Waals surface area contributed by atoms with Crippen LogP contribution in [0.5, 0.6) is 11.5 Å². The van der Waals surface area contributed by atoms with Crippen molar-refractivity contribution in [3.63, 3.8) is 0 Å². The Hall–Kier alpha value is -2.21. The normalized spacial score (nSPS) is 10.3. The molecule has 0 saturated heterocycles. The number of thiophene rings is 1. The fourth-order valence-electron chi connectivity index (χ4n) is 2.02. The van der Waals surface area contributed by atoms with Crippen molar-refractivity contribution in [3.8, 4) is 21.9 Å². The number of carbonyl (C=O) groups is 1. The molecule has 1 heterocycles. The Morgan fingerprint density at radius 3 is 2.38 bits per heavy atom. The van der Waals surface area contributed by atoms with Crippen LogP contribution in [-0.4, -0.2) is 27.3 Å². The van der Waals surface area contributed by atoms with Gasteiger partial charge in [-0.3, -0.25) is 0 Å². The van der Waals surface area contributed by atoms with E-state index in [1.54, 1.807) is 14.2 Å². The summed E-state index contributed by atoms with van der Waals surface area (Å²) in [6.07, 6.45) is 0. The molecule has 0 atom stereocenters. The highest BCUT2D eigenvalue weighted by Gasteiger charge is 2.20. The van der Waals surface area contributed by atoms with Crippen LogP contribution in [0.4, 0.5) is 5.69 Å². The van der Waals surface area contributed by atoms with Crippen LogP contribution in [0.15, 0.2) is 18.2 Å². The molecule has 21 heavy (non-hydrogen) atoms. The standard InChI is InChI=1S/C15H17NO4S/c1-8-12(16)14(15(17)20-4)21-13(8)9-5-6-10(18-2)11(7-9)19-3/h5-7H,16H2,1-4H3. The van der Waals surface area contributed by atoms with Crippen LogP contribution in [0.25, 0.3) is 10.4 Å². The molecule has 0 saturated carbocycles. The molecule has 0 radical (unpaired) electrons. The number of methoxy groups -OCH3 is 3. The highest BCUT2D eigenvalue weighted by atomic mass is 32.1. The summed E-state index contributed by atoms with van der Waals surface area (Å²) in [5.41, 5.74) is 8.22. The minimum atomic E-state index is -0.424. The molecule has 6 heteroatoms. The smallest absolute Gasteiger partial charge is 0.350 e. The largest absolute Gasteiger partial charge is 0.493 e. The van der Waals surface area contributed by atoms with Gasteiger partial charge >= 0.3 is 5.97 Å². The van der Waals surface area contributed by atoms with E-state index in [9.17, 15) is 4.79 Å². The summed E-state index contributed by atoms with van der Waals surface area (Å²) in [5.74, 6) is 0.852. The summed E-state index contributed by atoms with van der Waals surface area (Å²) >= 11 is 1.31. The number of esters is 1. The van der Waals surface area contributed by atoms with E-state index in [-0.39, 0.29) is 0 Å². The Morgan fingerprint density at radius 1 is 1.14 bits per heavy atom. The van der Waals surface area contributed by atoms with Gasteiger partial charge in [0.2, 0.25) is 0 Å². The summed E-state index contributed by atoms with van der Waals surface area (Å²) in [6.45, 7) is 1.88. The topological polar surface area (TPSA) is 70.8 Å². The Morgan fingerprint density at radius 2 is 1.81 bits per heavy atom. The molecule has 0 unspecified atom stereocenters. The Labute approximate surface area is 127 Å². The van der Waals surface area contributed by atoms with E-state index in [1.165, 1.54) is 18.4 Å². The fraction of sp³-hybridized carbons (Fsp3) is 0.267. The molecule has 2 N–H and O–H groups in total. The van der Waals surface area contributed by atoms with Crippen molar-refractivity contribution >= 4 is 23.0 Å². The third-order valence-electron chi connectivity index (χ3n) is 3.21. The number of hydrogen-bond acceptors (Lipinski definition) is 6. The van der Waals surface area contributed by atoms with Gasteiger partial charge in [0.25, 0.3) is 0 Å². The lowest BCUT2D eigenvalue weighted by Gasteiger charge is -2.09. The van der Waals surface area contributed by atoms with Crippen LogP contribution < -0.4 is 15.2 Å². The minimum absolute atomic E-state index is 0.416. The molecule has 2 rings (SSSR count). The van der Waals surface area contributed by atoms with Gasteiger partial charge in [0.05, 0.1) is 27.0 Å². The average Bonchev–Trinajstić information content (AvgIpc) is 2.82. The second kappa shape index (κ2) is 6.05. The number of anilines is 1. The van der Waals surface area contributed by atoms with Crippen molar-refractivity contribution in [2.45, 2.75) is 6.92 Å². The van der Waals surface area contributed by atoms with Gasteiger partial charge in [0.1, 0.15) is 4.88 Å². The lowest BCUT2D eigenvalue weighted by atomic mass is 10.1. The van der Waals surface area contributed by atoms with Gasteiger partial charge in [0, 0.05) is 4.88 Å². The molecule has 0 fully saturated rings. The number of benzene rings is 1. The predicted molar refractivity (Wildman–Crippen MR) is 83.3 cm³/mol. The summed E-state index contributed by atoms with van der Waals surface area (Å²) in [4.78, 5) is 13.0. The van der Waals surface area contributed by atoms with Gasteiger partial charge in [-0.1, -0.05) is 0 Å². The number of hydrogen-bond donors (Lipinski definition) is 1. The summed E-state index contributed by atoms with van der Waals surface area (Å²) in [6, 6.07) is 5.58. The fourth-order valence-corrected chi connectivity index (χ4v) is 3.17.